The summed E-state index contributed by atoms with van der Waals surface area (Å²) in [5.41, 5.74) is 6.27. The number of aromatic nitrogens is 2. The third-order valence-corrected chi connectivity index (χ3v) is 3.47. The third-order valence-electron chi connectivity index (χ3n) is 3.47. The number of halogens is 3. The van der Waals surface area contributed by atoms with Gasteiger partial charge in [0.25, 0.3) is 5.91 Å². The first-order chi connectivity index (χ1) is 9.71. The van der Waals surface area contributed by atoms with E-state index < -0.39 is 17.7 Å². The van der Waals surface area contributed by atoms with Crippen LogP contribution >= 0.6 is 0 Å². The molecule has 3 N–H and O–H groups in total. The van der Waals surface area contributed by atoms with Crippen LogP contribution in [0.2, 0.25) is 0 Å². The zero-order valence-electron chi connectivity index (χ0n) is 11.8. The van der Waals surface area contributed by atoms with Crippen molar-refractivity contribution in [3.63, 3.8) is 0 Å². The van der Waals surface area contributed by atoms with Gasteiger partial charge in [0, 0.05) is 18.7 Å². The van der Waals surface area contributed by atoms with E-state index in [4.69, 9.17) is 5.73 Å². The van der Waals surface area contributed by atoms with Crippen molar-refractivity contribution in [2.24, 2.45) is 0 Å². The summed E-state index contributed by atoms with van der Waals surface area (Å²) >= 11 is 0. The highest BCUT2D eigenvalue weighted by Crippen LogP contribution is 2.31. The fourth-order valence-electron chi connectivity index (χ4n) is 2.23. The molecule has 1 amide bonds. The molecule has 1 aliphatic rings. The van der Waals surface area contributed by atoms with E-state index in [0.717, 1.165) is 6.08 Å². The molecule has 1 aromatic heterocycles. The Morgan fingerprint density at radius 1 is 1.48 bits per heavy atom. The van der Waals surface area contributed by atoms with Gasteiger partial charge in [-0.1, -0.05) is 19.9 Å². The molecule has 0 bridgehead atoms. The zero-order chi connectivity index (χ0) is 15.8. The Kier molecular flexibility index (Phi) is 3.97. The van der Waals surface area contributed by atoms with Crippen LogP contribution in [0.4, 0.5) is 18.9 Å². The molecule has 0 aromatic carbocycles. The number of nitrogens with one attached hydrogen (secondary N) is 1. The number of alkyl halides is 3. The van der Waals surface area contributed by atoms with Crippen molar-refractivity contribution in [1.29, 1.82) is 0 Å². The molecular weight excluding hydrogens is 285 g/mol. The minimum Gasteiger partial charge on any atom is -0.395 e. The molecule has 0 atom stereocenters. The molecule has 2 heterocycles. The normalized spacial score (nSPS) is 16.3. The van der Waals surface area contributed by atoms with E-state index in [1.54, 1.807) is 0 Å². The van der Waals surface area contributed by atoms with Gasteiger partial charge in [0.1, 0.15) is 0 Å². The second-order valence-electron chi connectivity index (χ2n) is 5.28. The number of carbonyl (C=O) groups excluding carboxylic acids is 1. The summed E-state index contributed by atoms with van der Waals surface area (Å²) in [6.07, 6.45) is -3.50. The molecule has 0 aliphatic carbocycles. The van der Waals surface area contributed by atoms with Gasteiger partial charge in [0.2, 0.25) is 0 Å². The molecule has 0 spiro atoms. The highest BCUT2D eigenvalue weighted by Gasteiger charge is 2.36. The first-order valence-electron chi connectivity index (χ1n) is 6.61. The smallest absolute Gasteiger partial charge is 0.395 e. The standard InChI is InChI=1S/C13H17F3N4O/c1-7(2)10-9(17)11(19-18-10)12(21)20-5-3-8(4-6-20)13(14,15)16/h3,7H,4-6,17H2,1-2H3,(H,18,19). The summed E-state index contributed by atoms with van der Waals surface area (Å²) in [7, 11) is 0. The molecule has 0 fully saturated rings. The van der Waals surface area contributed by atoms with Gasteiger partial charge >= 0.3 is 6.18 Å². The molecule has 21 heavy (non-hydrogen) atoms. The summed E-state index contributed by atoms with van der Waals surface area (Å²) in [5, 5.41) is 6.60. The largest absolute Gasteiger partial charge is 0.412 e. The molecule has 2 rings (SSSR count). The van der Waals surface area contributed by atoms with Crippen LogP contribution in [0.3, 0.4) is 0 Å². The summed E-state index contributed by atoms with van der Waals surface area (Å²) in [4.78, 5) is 13.6. The van der Waals surface area contributed by atoms with Crippen LogP contribution in [0, 0.1) is 0 Å². The van der Waals surface area contributed by atoms with E-state index in [-0.39, 0.29) is 36.8 Å². The molecule has 116 valence electrons. The second-order valence-corrected chi connectivity index (χ2v) is 5.28. The molecule has 0 unspecified atom stereocenters. The van der Waals surface area contributed by atoms with Gasteiger partial charge < -0.3 is 10.6 Å². The van der Waals surface area contributed by atoms with Crippen molar-refractivity contribution in [1.82, 2.24) is 15.1 Å². The Morgan fingerprint density at radius 3 is 2.57 bits per heavy atom. The average molecular weight is 302 g/mol. The van der Waals surface area contributed by atoms with Gasteiger partial charge in [-0.25, -0.2) is 0 Å². The average Bonchev–Trinajstić information content (AvgIpc) is 2.79. The molecule has 0 saturated carbocycles. The van der Waals surface area contributed by atoms with Crippen molar-refractivity contribution >= 4 is 11.6 Å². The van der Waals surface area contributed by atoms with Crippen LogP contribution in [0.1, 0.15) is 42.4 Å². The number of hydrogen-bond acceptors (Lipinski definition) is 3. The quantitative estimate of drug-likeness (QED) is 0.824. The fourth-order valence-corrected chi connectivity index (χ4v) is 2.23. The van der Waals surface area contributed by atoms with Crippen molar-refractivity contribution in [2.45, 2.75) is 32.4 Å². The molecule has 8 heteroatoms. The Labute approximate surface area is 120 Å². The number of anilines is 1. The van der Waals surface area contributed by atoms with Crippen LogP contribution < -0.4 is 5.73 Å². The van der Waals surface area contributed by atoms with E-state index >= 15 is 0 Å². The maximum absolute atomic E-state index is 12.5. The van der Waals surface area contributed by atoms with E-state index in [9.17, 15) is 18.0 Å². The predicted octanol–water partition coefficient (Wildman–Crippen LogP) is 2.45. The third kappa shape index (κ3) is 3.03. The first kappa shape index (κ1) is 15.4. The Balaban J connectivity index is 2.14. The summed E-state index contributed by atoms with van der Waals surface area (Å²) < 4.78 is 37.6. The second kappa shape index (κ2) is 5.42. The number of nitrogens with zero attached hydrogens (tertiary/aromatic N) is 2. The van der Waals surface area contributed by atoms with Crippen molar-refractivity contribution < 1.29 is 18.0 Å². The fraction of sp³-hybridized carbons (Fsp3) is 0.538. The highest BCUT2D eigenvalue weighted by atomic mass is 19.4. The number of amides is 1. The molecule has 1 aromatic rings. The van der Waals surface area contributed by atoms with Gasteiger partial charge in [0.15, 0.2) is 5.69 Å². The lowest BCUT2D eigenvalue weighted by Gasteiger charge is -2.26. The molecule has 5 nitrogen and oxygen atoms in total. The lowest BCUT2D eigenvalue weighted by Crippen LogP contribution is -2.37. The van der Waals surface area contributed by atoms with Crippen molar-refractivity contribution in [3.05, 3.63) is 23.0 Å². The summed E-state index contributed by atoms with van der Waals surface area (Å²) in [6, 6.07) is 0. The van der Waals surface area contributed by atoms with Crippen molar-refractivity contribution in [3.8, 4) is 0 Å². The summed E-state index contributed by atoms with van der Waals surface area (Å²) in [6.45, 7) is 3.72. The molecule has 0 radical (unpaired) electrons. The van der Waals surface area contributed by atoms with Crippen LogP contribution in [-0.4, -0.2) is 40.3 Å². The van der Waals surface area contributed by atoms with Crippen LogP contribution in [0.25, 0.3) is 0 Å². The van der Waals surface area contributed by atoms with Gasteiger partial charge in [-0.05, 0) is 12.3 Å². The number of nitrogen functional groups attached to an aromatic ring is 1. The minimum atomic E-state index is -4.33. The lowest BCUT2D eigenvalue weighted by molar-refractivity contribution is -0.0957. The number of nitrogens with two attached hydrogens (primary N) is 1. The number of aromatic amines is 1. The maximum atomic E-state index is 12.5. The first-order valence-corrected chi connectivity index (χ1v) is 6.61. The van der Waals surface area contributed by atoms with Crippen LogP contribution in [0.15, 0.2) is 11.6 Å². The number of rotatable bonds is 2. The zero-order valence-corrected chi connectivity index (χ0v) is 11.8. The lowest BCUT2D eigenvalue weighted by atomic mass is 10.1. The predicted molar refractivity (Wildman–Crippen MR) is 71.7 cm³/mol. The maximum Gasteiger partial charge on any atom is 0.412 e. The molecule has 1 aliphatic heterocycles. The summed E-state index contributed by atoms with van der Waals surface area (Å²) in [5.74, 6) is -0.370. The van der Waals surface area contributed by atoms with E-state index in [1.807, 2.05) is 13.8 Å². The number of carbonyl (C=O) groups is 1. The van der Waals surface area contributed by atoms with Gasteiger partial charge in [-0.2, -0.15) is 18.3 Å². The topological polar surface area (TPSA) is 75.0 Å². The highest BCUT2D eigenvalue weighted by molar-refractivity contribution is 5.97. The SMILES string of the molecule is CC(C)c1[nH]nc(C(=O)N2CC=C(C(F)(F)F)CC2)c1N. The number of hydrogen-bond donors (Lipinski definition) is 2. The Hall–Kier alpha value is -1.99. The van der Waals surface area contributed by atoms with Gasteiger partial charge in [-0.15, -0.1) is 0 Å². The van der Waals surface area contributed by atoms with E-state index in [1.165, 1.54) is 4.90 Å². The van der Waals surface area contributed by atoms with Gasteiger partial charge in [-0.3, -0.25) is 9.89 Å². The van der Waals surface area contributed by atoms with Crippen LogP contribution in [-0.2, 0) is 0 Å². The monoisotopic (exact) mass is 302 g/mol. The molecular formula is C13H17F3N4O. The van der Waals surface area contributed by atoms with Crippen LogP contribution in [0.5, 0.6) is 0 Å². The minimum absolute atomic E-state index is 0.00743. The van der Waals surface area contributed by atoms with E-state index in [2.05, 4.69) is 10.2 Å². The Morgan fingerprint density at radius 2 is 2.14 bits per heavy atom. The van der Waals surface area contributed by atoms with Gasteiger partial charge in [0.05, 0.1) is 11.4 Å². The van der Waals surface area contributed by atoms with E-state index in [0.29, 0.717) is 5.69 Å². The number of H-pyrrole nitrogens is 1. The van der Waals surface area contributed by atoms with Crippen molar-refractivity contribution in [2.75, 3.05) is 18.8 Å². The molecule has 0 saturated heterocycles. The Bertz CT molecular complexity index is 574.